The van der Waals surface area contributed by atoms with E-state index in [4.69, 9.17) is 0 Å². The fourth-order valence-corrected chi connectivity index (χ4v) is 1.79. The number of nitrogens with zero attached hydrogens (tertiary/aromatic N) is 1. The third kappa shape index (κ3) is 2.67. The highest BCUT2D eigenvalue weighted by molar-refractivity contribution is 5.54. The van der Waals surface area contributed by atoms with Crippen LogP contribution in [-0.4, -0.2) is 9.97 Å². The highest BCUT2D eigenvalue weighted by Crippen LogP contribution is 2.30. The minimum absolute atomic E-state index is 0.0216. The van der Waals surface area contributed by atoms with Gasteiger partial charge in [0, 0.05) is 11.1 Å². The van der Waals surface area contributed by atoms with Gasteiger partial charge in [-0.1, -0.05) is 37.3 Å². The van der Waals surface area contributed by atoms with Gasteiger partial charge in [0.1, 0.15) is 5.82 Å². The van der Waals surface area contributed by atoms with E-state index in [2.05, 4.69) is 9.97 Å². The predicted molar refractivity (Wildman–Crippen MR) is 64.7 cm³/mol. The van der Waals surface area contributed by atoms with Crippen molar-refractivity contribution in [3.8, 4) is 11.4 Å². The maximum Gasteiger partial charge on any atom is 0.433 e. The molecule has 1 N–H and O–H groups in total. The van der Waals surface area contributed by atoms with Crippen molar-refractivity contribution < 1.29 is 13.2 Å². The maximum atomic E-state index is 12.9. The summed E-state index contributed by atoms with van der Waals surface area (Å²) < 4.78 is 38.7. The molecule has 0 bridgehead atoms. The van der Waals surface area contributed by atoms with E-state index < -0.39 is 17.4 Å². The number of halogens is 3. The van der Waals surface area contributed by atoms with Gasteiger partial charge < -0.3 is 4.98 Å². The summed E-state index contributed by atoms with van der Waals surface area (Å²) in [5, 5.41) is 0. The summed E-state index contributed by atoms with van der Waals surface area (Å²) in [5.74, 6) is -0.0740. The lowest BCUT2D eigenvalue weighted by atomic mass is 10.1. The lowest BCUT2D eigenvalue weighted by Crippen LogP contribution is -2.23. The number of hydrogen-bond donors (Lipinski definition) is 1. The highest BCUT2D eigenvalue weighted by Gasteiger charge is 2.36. The Morgan fingerprint density at radius 1 is 1.21 bits per heavy atom. The van der Waals surface area contributed by atoms with Crippen LogP contribution in [0, 0.1) is 0 Å². The van der Waals surface area contributed by atoms with Crippen molar-refractivity contribution in [2.24, 2.45) is 0 Å². The molecule has 1 heterocycles. The molecule has 0 saturated carbocycles. The van der Waals surface area contributed by atoms with Gasteiger partial charge in [0.15, 0.2) is 5.69 Å². The quantitative estimate of drug-likeness (QED) is 0.910. The second kappa shape index (κ2) is 4.87. The summed E-state index contributed by atoms with van der Waals surface area (Å²) in [6.45, 7) is 1.49. The number of hydrogen-bond acceptors (Lipinski definition) is 2. The van der Waals surface area contributed by atoms with Gasteiger partial charge in [-0.3, -0.25) is 4.79 Å². The second-order valence-electron chi connectivity index (χ2n) is 3.96. The number of alkyl halides is 3. The Kier molecular flexibility index (Phi) is 3.42. The highest BCUT2D eigenvalue weighted by atomic mass is 19.4. The van der Waals surface area contributed by atoms with Gasteiger partial charge in [-0.15, -0.1) is 0 Å². The molecule has 0 aliphatic rings. The minimum Gasteiger partial charge on any atom is -0.306 e. The van der Waals surface area contributed by atoms with Gasteiger partial charge in [-0.25, -0.2) is 4.98 Å². The molecule has 1 aromatic heterocycles. The van der Waals surface area contributed by atoms with Crippen molar-refractivity contribution in [1.82, 2.24) is 9.97 Å². The van der Waals surface area contributed by atoms with E-state index in [0.717, 1.165) is 0 Å². The average molecular weight is 268 g/mol. The van der Waals surface area contributed by atoms with E-state index in [0.29, 0.717) is 5.56 Å². The molecule has 0 unspecified atom stereocenters. The van der Waals surface area contributed by atoms with E-state index >= 15 is 0 Å². The number of aromatic amines is 1. The Morgan fingerprint density at radius 2 is 1.84 bits per heavy atom. The van der Waals surface area contributed by atoms with Crippen molar-refractivity contribution in [3.05, 3.63) is 51.9 Å². The summed E-state index contributed by atoms with van der Waals surface area (Å²) >= 11 is 0. The molecule has 6 heteroatoms. The minimum atomic E-state index is -4.64. The molecule has 0 aliphatic carbocycles. The van der Waals surface area contributed by atoms with Crippen LogP contribution in [0.25, 0.3) is 11.4 Å². The van der Waals surface area contributed by atoms with Crippen molar-refractivity contribution in [3.63, 3.8) is 0 Å². The van der Waals surface area contributed by atoms with Crippen LogP contribution in [0.15, 0.2) is 35.1 Å². The normalized spacial score (nSPS) is 11.6. The second-order valence-corrected chi connectivity index (χ2v) is 3.96. The van der Waals surface area contributed by atoms with Crippen LogP contribution in [0.4, 0.5) is 13.2 Å². The van der Waals surface area contributed by atoms with Gasteiger partial charge >= 0.3 is 6.18 Å². The van der Waals surface area contributed by atoms with Crippen LogP contribution in [0.1, 0.15) is 18.2 Å². The van der Waals surface area contributed by atoms with Gasteiger partial charge in [-0.2, -0.15) is 13.2 Å². The summed E-state index contributed by atoms with van der Waals surface area (Å²) in [4.78, 5) is 17.7. The number of aromatic nitrogens is 2. The Bertz CT molecular complexity index is 633. The fraction of sp³-hybridized carbons (Fsp3) is 0.231. The van der Waals surface area contributed by atoms with Crippen molar-refractivity contribution in [2.45, 2.75) is 19.5 Å². The largest absolute Gasteiger partial charge is 0.433 e. The number of rotatable bonds is 2. The molecule has 0 atom stereocenters. The molecule has 0 spiro atoms. The zero-order chi connectivity index (χ0) is 14.0. The molecule has 100 valence electrons. The van der Waals surface area contributed by atoms with Crippen molar-refractivity contribution in [1.29, 1.82) is 0 Å². The number of benzene rings is 1. The molecule has 2 rings (SSSR count). The van der Waals surface area contributed by atoms with E-state index in [1.54, 1.807) is 30.3 Å². The third-order valence-corrected chi connectivity index (χ3v) is 2.68. The molecule has 0 radical (unpaired) electrons. The van der Waals surface area contributed by atoms with Crippen LogP contribution in [0.3, 0.4) is 0 Å². The number of H-pyrrole nitrogens is 1. The monoisotopic (exact) mass is 268 g/mol. The molecule has 2 aromatic rings. The Hall–Kier alpha value is -2.11. The number of nitrogens with one attached hydrogen (secondary N) is 1. The zero-order valence-corrected chi connectivity index (χ0v) is 10.1. The van der Waals surface area contributed by atoms with E-state index in [9.17, 15) is 18.0 Å². The fourth-order valence-electron chi connectivity index (χ4n) is 1.79. The molecular weight excluding hydrogens is 257 g/mol. The maximum absolute atomic E-state index is 12.9. The SMILES string of the molecule is CCc1c(C(F)(F)F)nc(-c2ccccc2)[nH]c1=O. The van der Waals surface area contributed by atoms with Crippen LogP contribution < -0.4 is 5.56 Å². The molecule has 1 aromatic carbocycles. The Labute approximate surface area is 107 Å². The lowest BCUT2D eigenvalue weighted by Gasteiger charge is -2.11. The molecule has 0 saturated heterocycles. The first-order valence-corrected chi connectivity index (χ1v) is 5.69. The first-order chi connectivity index (χ1) is 8.93. The van der Waals surface area contributed by atoms with Gasteiger partial charge in [0.2, 0.25) is 0 Å². The first-order valence-electron chi connectivity index (χ1n) is 5.69. The molecule has 3 nitrogen and oxygen atoms in total. The van der Waals surface area contributed by atoms with Crippen molar-refractivity contribution in [2.75, 3.05) is 0 Å². The van der Waals surface area contributed by atoms with E-state index in [1.165, 1.54) is 6.92 Å². The van der Waals surface area contributed by atoms with E-state index in [-0.39, 0.29) is 17.8 Å². The smallest absolute Gasteiger partial charge is 0.306 e. The summed E-state index contributed by atoms with van der Waals surface area (Å²) in [6.07, 6.45) is -4.66. The summed E-state index contributed by atoms with van der Waals surface area (Å²) in [7, 11) is 0. The molecule has 19 heavy (non-hydrogen) atoms. The molecule has 0 amide bonds. The van der Waals surface area contributed by atoms with Crippen LogP contribution in [0.2, 0.25) is 0 Å². The standard InChI is InChI=1S/C13H11F3N2O/c1-2-9-10(13(14,15)16)17-11(18-12(9)19)8-6-4-3-5-7-8/h3-7H,2H2,1H3,(H,17,18,19). The molecular formula is C13H11F3N2O. The van der Waals surface area contributed by atoms with Crippen molar-refractivity contribution >= 4 is 0 Å². The average Bonchev–Trinajstić information content (AvgIpc) is 2.37. The van der Waals surface area contributed by atoms with Gasteiger partial charge in [-0.05, 0) is 6.42 Å². The molecule has 0 aliphatic heterocycles. The van der Waals surface area contributed by atoms with Crippen LogP contribution in [0.5, 0.6) is 0 Å². The van der Waals surface area contributed by atoms with Gasteiger partial charge in [0.25, 0.3) is 5.56 Å². The summed E-state index contributed by atoms with van der Waals surface area (Å²) in [6, 6.07) is 8.23. The van der Waals surface area contributed by atoms with Crippen LogP contribution >= 0.6 is 0 Å². The lowest BCUT2D eigenvalue weighted by molar-refractivity contribution is -0.141. The Morgan fingerprint density at radius 3 is 2.37 bits per heavy atom. The summed E-state index contributed by atoms with van der Waals surface area (Å²) in [5.41, 5.74) is -1.76. The van der Waals surface area contributed by atoms with E-state index in [1.807, 2.05) is 0 Å². The zero-order valence-electron chi connectivity index (χ0n) is 10.1. The Balaban J connectivity index is 2.68. The first kappa shape index (κ1) is 13.3. The van der Waals surface area contributed by atoms with Crippen LogP contribution in [-0.2, 0) is 12.6 Å². The predicted octanol–water partition coefficient (Wildman–Crippen LogP) is 3.02. The third-order valence-electron chi connectivity index (χ3n) is 2.68. The topological polar surface area (TPSA) is 45.8 Å². The molecule has 0 fully saturated rings. The van der Waals surface area contributed by atoms with Gasteiger partial charge in [0.05, 0.1) is 0 Å².